The molecule has 0 aliphatic carbocycles. The number of halogens is 2. The molecule has 2 aromatic carbocycles. The topological polar surface area (TPSA) is 68.5 Å². The summed E-state index contributed by atoms with van der Waals surface area (Å²) in [5.41, 5.74) is 0.785. The predicted molar refractivity (Wildman–Crippen MR) is 103 cm³/mol. The van der Waals surface area contributed by atoms with Gasteiger partial charge in [-0.2, -0.15) is 4.98 Å². The summed E-state index contributed by atoms with van der Waals surface area (Å²) < 4.78 is 24.1. The van der Waals surface area contributed by atoms with Crippen molar-refractivity contribution in [3.63, 3.8) is 0 Å². The first-order chi connectivity index (χ1) is 13.5. The second kappa shape index (κ2) is 9.32. The van der Waals surface area contributed by atoms with Crippen molar-refractivity contribution < 1.29 is 18.4 Å². The van der Waals surface area contributed by atoms with Crippen molar-refractivity contribution in [2.45, 2.75) is 12.8 Å². The number of carbonyl (C=O) groups is 1. The number of nitrogens with zero attached hydrogens (tertiary/aromatic N) is 3. The smallest absolute Gasteiger partial charge is 0.227 e. The summed E-state index contributed by atoms with van der Waals surface area (Å²) in [6.07, 6.45) is 0.552. The van der Waals surface area contributed by atoms with E-state index in [1.165, 1.54) is 11.0 Å². The second-order valence-corrected chi connectivity index (χ2v) is 6.55. The largest absolute Gasteiger partial charge is 0.489 e. The van der Waals surface area contributed by atoms with Crippen LogP contribution in [-0.4, -0.2) is 41.1 Å². The number of amides is 1. The van der Waals surface area contributed by atoms with Crippen molar-refractivity contribution in [1.82, 2.24) is 15.0 Å². The molecule has 3 aromatic rings. The molecule has 0 spiro atoms. The third kappa shape index (κ3) is 5.29. The third-order valence-electron chi connectivity index (χ3n) is 4.07. The Morgan fingerprint density at radius 1 is 1.21 bits per heavy atom. The number of benzene rings is 2. The van der Waals surface area contributed by atoms with Crippen molar-refractivity contribution in [1.29, 1.82) is 0 Å². The van der Waals surface area contributed by atoms with E-state index in [2.05, 4.69) is 10.1 Å². The zero-order valence-electron chi connectivity index (χ0n) is 15.3. The van der Waals surface area contributed by atoms with Crippen molar-refractivity contribution >= 4 is 17.5 Å². The van der Waals surface area contributed by atoms with Crippen molar-refractivity contribution in [3.05, 3.63) is 65.3 Å². The molecule has 0 radical (unpaired) electrons. The molecular formula is C20H19ClFN3O3. The van der Waals surface area contributed by atoms with E-state index < -0.39 is 5.82 Å². The molecule has 3 rings (SSSR count). The van der Waals surface area contributed by atoms with Gasteiger partial charge in [-0.3, -0.25) is 4.79 Å². The van der Waals surface area contributed by atoms with Crippen LogP contribution in [0.5, 0.6) is 5.75 Å². The molecule has 0 bridgehead atoms. The van der Waals surface area contributed by atoms with Gasteiger partial charge in [-0.05, 0) is 36.4 Å². The van der Waals surface area contributed by atoms with E-state index >= 15 is 0 Å². The van der Waals surface area contributed by atoms with Crippen LogP contribution in [-0.2, 0) is 11.2 Å². The number of hydrogen-bond donors (Lipinski definition) is 0. The molecule has 6 nitrogen and oxygen atoms in total. The Kier molecular flexibility index (Phi) is 6.60. The highest BCUT2D eigenvalue weighted by Crippen LogP contribution is 2.19. The predicted octanol–water partition coefficient (Wildman–Crippen LogP) is 4.00. The van der Waals surface area contributed by atoms with Gasteiger partial charge >= 0.3 is 0 Å². The van der Waals surface area contributed by atoms with Crippen LogP contribution in [0, 0.1) is 5.82 Å². The first-order valence-electron chi connectivity index (χ1n) is 8.73. The monoisotopic (exact) mass is 403 g/mol. The molecule has 1 amide bonds. The normalized spacial score (nSPS) is 10.7. The molecule has 8 heteroatoms. The maximum absolute atomic E-state index is 13.5. The van der Waals surface area contributed by atoms with Crippen LogP contribution in [0.3, 0.4) is 0 Å². The number of carbonyl (C=O) groups excluding carboxylic acids is 1. The van der Waals surface area contributed by atoms with Crippen LogP contribution >= 0.6 is 11.6 Å². The minimum Gasteiger partial charge on any atom is -0.489 e. The van der Waals surface area contributed by atoms with E-state index in [9.17, 15) is 9.18 Å². The maximum Gasteiger partial charge on any atom is 0.227 e. The Morgan fingerprint density at radius 2 is 1.96 bits per heavy atom. The third-order valence-corrected chi connectivity index (χ3v) is 4.32. The molecule has 0 aliphatic heterocycles. The van der Waals surface area contributed by atoms with E-state index in [4.69, 9.17) is 20.9 Å². The molecule has 28 heavy (non-hydrogen) atoms. The lowest BCUT2D eigenvalue weighted by Crippen LogP contribution is -2.31. The molecular weight excluding hydrogens is 385 g/mol. The van der Waals surface area contributed by atoms with Gasteiger partial charge in [0.2, 0.25) is 17.6 Å². The number of rotatable bonds is 8. The molecule has 1 heterocycles. The van der Waals surface area contributed by atoms with Crippen molar-refractivity contribution in [3.8, 4) is 17.1 Å². The highest BCUT2D eigenvalue weighted by Gasteiger charge is 2.14. The van der Waals surface area contributed by atoms with Crippen molar-refractivity contribution in [2.24, 2.45) is 0 Å². The summed E-state index contributed by atoms with van der Waals surface area (Å²) in [6, 6.07) is 13.2. The van der Waals surface area contributed by atoms with Gasteiger partial charge in [0.25, 0.3) is 0 Å². The van der Waals surface area contributed by atoms with Crippen LogP contribution in [0.4, 0.5) is 4.39 Å². The Bertz CT molecular complexity index is 930. The molecule has 0 saturated heterocycles. The van der Waals surface area contributed by atoms with Crippen LogP contribution in [0.25, 0.3) is 11.4 Å². The quantitative estimate of drug-likeness (QED) is 0.568. The van der Waals surface area contributed by atoms with Gasteiger partial charge in [-0.1, -0.05) is 28.9 Å². The molecule has 0 N–H and O–H groups in total. The number of para-hydroxylation sites is 1. The van der Waals surface area contributed by atoms with E-state index in [1.54, 1.807) is 49.5 Å². The molecule has 0 fully saturated rings. The summed E-state index contributed by atoms with van der Waals surface area (Å²) in [4.78, 5) is 18.1. The molecule has 0 saturated carbocycles. The molecule has 0 unspecified atom stereocenters. The lowest BCUT2D eigenvalue weighted by Gasteiger charge is -2.17. The zero-order valence-corrected chi connectivity index (χ0v) is 16.0. The first kappa shape index (κ1) is 19.8. The van der Waals surface area contributed by atoms with Crippen LogP contribution in [0.1, 0.15) is 12.3 Å². The van der Waals surface area contributed by atoms with Gasteiger partial charge < -0.3 is 14.2 Å². The van der Waals surface area contributed by atoms with E-state index in [0.29, 0.717) is 29.7 Å². The summed E-state index contributed by atoms with van der Waals surface area (Å²) in [6.45, 7) is 0.539. The van der Waals surface area contributed by atoms with E-state index in [1.807, 2.05) is 0 Å². The fourth-order valence-corrected chi connectivity index (χ4v) is 2.58. The van der Waals surface area contributed by atoms with Crippen LogP contribution in [0.2, 0.25) is 5.02 Å². The SMILES string of the molecule is CN(CCOc1ccccc1F)C(=O)CCc1nc(-c2ccc(Cl)cc2)no1. The molecule has 1 aromatic heterocycles. The van der Waals surface area contributed by atoms with Crippen LogP contribution in [0.15, 0.2) is 53.1 Å². The second-order valence-electron chi connectivity index (χ2n) is 6.11. The fourth-order valence-electron chi connectivity index (χ4n) is 2.46. The Balaban J connectivity index is 1.44. The summed E-state index contributed by atoms with van der Waals surface area (Å²) >= 11 is 5.86. The Hall–Kier alpha value is -2.93. The van der Waals surface area contributed by atoms with Gasteiger partial charge in [0.15, 0.2) is 11.6 Å². The van der Waals surface area contributed by atoms with Gasteiger partial charge in [-0.25, -0.2) is 4.39 Å². The Morgan fingerprint density at radius 3 is 2.71 bits per heavy atom. The van der Waals surface area contributed by atoms with Gasteiger partial charge in [0.1, 0.15) is 6.61 Å². The maximum atomic E-state index is 13.5. The highest BCUT2D eigenvalue weighted by molar-refractivity contribution is 6.30. The standard InChI is InChI=1S/C20H19ClFN3O3/c1-25(12-13-27-17-5-3-2-4-16(17)22)19(26)11-10-18-23-20(24-28-18)14-6-8-15(21)9-7-14/h2-9H,10-13H2,1H3. The van der Waals surface area contributed by atoms with Gasteiger partial charge in [0, 0.05) is 30.5 Å². The lowest BCUT2D eigenvalue weighted by molar-refractivity contribution is -0.130. The average Bonchev–Trinajstić information content (AvgIpc) is 3.17. The lowest BCUT2D eigenvalue weighted by atomic mass is 10.2. The van der Waals surface area contributed by atoms with Crippen molar-refractivity contribution in [2.75, 3.05) is 20.2 Å². The van der Waals surface area contributed by atoms with E-state index in [0.717, 1.165) is 5.56 Å². The highest BCUT2D eigenvalue weighted by atomic mass is 35.5. The first-order valence-corrected chi connectivity index (χ1v) is 9.10. The number of aromatic nitrogens is 2. The summed E-state index contributed by atoms with van der Waals surface area (Å²) in [5, 5.41) is 4.55. The molecule has 0 atom stereocenters. The van der Waals surface area contributed by atoms with Gasteiger partial charge in [0.05, 0.1) is 6.54 Å². The minimum absolute atomic E-state index is 0.0941. The fraction of sp³-hybridized carbons (Fsp3) is 0.250. The summed E-state index contributed by atoms with van der Waals surface area (Å²) in [5.74, 6) is 0.483. The zero-order chi connectivity index (χ0) is 19.9. The number of aryl methyl sites for hydroxylation is 1. The molecule has 0 aliphatic rings. The summed E-state index contributed by atoms with van der Waals surface area (Å²) in [7, 11) is 1.67. The Labute approximate surface area is 166 Å². The number of ether oxygens (including phenoxy) is 1. The molecule has 146 valence electrons. The number of hydrogen-bond acceptors (Lipinski definition) is 5. The van der Waals surface area contributed by atoms with Gasteiger partial charge in [-0.15, -0.1) is 0 Å². The van der Waals surface area contributed by atoms with Crippen LogP contribution < -0.4 is 4.74 Å². The van der Waals surface area contributed by atoms with E-state index in [-0.39, 0.29) is 24.7 Å². The average molecular weight is 404 g/mol. The number of likely N-dealkylation sites (N-methyl/N-ethyl adjacent to an activating group) is 1. The minimum atomic E-state index is -0.427.